The summed E-state index contributed by atoms with van der Waals surface area (Å²) in [7, 11) is 1.32. The summed E-state index contributed by atoms with van der Waals surface area (Å²) < 4.78 is 9.98. The van der Waals surface area contributed by atoms with E-state index in [0.29, 0.717) is 12.3 Å². The van der Waals surface area contributed by atoms with Crippen molar-refractivity contribution in [3.63, 3.8) is 0 Å². The topological polar surface area (TPSA) is 77.1 Å². The van der Waals surface area contributed by atoms with Crippen LogP contribution >= 0.6 is 0 Å². The highest BCUT2D eigenvalue weighted by molar-refractivity contribution is 5.88. The van der Waals surface area contributed by atoms with Crippen LogP contribution in [0.4, 0.5) is 0 Å². The van der Waals surface area contributed by atoms with Crippen LogP contribution in [0.5, 0.6) is 0 Å². The molecule has 1 aromatic heterocycles. The van der Waals surface area contributed by atoms with Crippen molar-refractivity contribution in [2.75, 3.05) is 13.7 Å². The zero-order valence-electron chi connectivity index (χ0n) is 7.82. The second kappa shape index (κ2) is 3.75. The molecule has 0 spiro atoms. The van der Waals surface area contributed by atoms with Gasteiger partial charge >= 0.3 is 5.97 Å². The van der Waals surface area contributed by atoms with E-state index in [9.17, 15) is 4.79 Å². The van der Waals surface area contributed by atoms with E-state index in [1.54, 1.807) is 0 Å². The first-order valence-electron chi connectivity index (χ1n) is 4.43. The fourth-order valence-corrected chi connectivity index (χ4v) is 1.50. The summed E-state index contributed by atoms with van der Waals surface area (Å²) in [5.74, 6) is -0.482. The number of nitrogens with one attached hydrogen (secondary N) is 1. The van der Waals surface area contributed by atoms with Gasteiger partial charge in [-0.3, -0.25) is 0 Å². The van der Waals surface area contributed by atoms with E-state index in [1.807, 2.05) is 0 Å². The number of nitrogens with zero attached hydrogens (tertiary/aromatic N) is 2. The summed E-state index contributed by atoms with van der Waals surface area (Å²) in [6.45, 7) is 0.706. The summed E-state index contributed by atoms with van der Waals surface area (Å²) >= 11 is 0. The Kier molecular flexibility index (Phi) is 2.45. The zero-order chi connectivity index (χ0) is 9.97. The number of ether oxygens (including phenoxy) is 2. The summed E-state index contributed by atoms with van der Waals surface area (Å²) in [4.78, 5) is 11.3. The van der Waals surface area contributed by atoms with Crippen molar-refractivity contribution in [1.82, 2.24) is 15.4 Å². The molecule has 0 aromatic carbocycles. The minimum absolute atomic E-state index is 0.122. The summed E-state index contributed by atoms with van der Waals surface area (Å²) in [6.07, 6.45) is 1.73. The van der Waals surface area contributed by atoms with Crippen molar-refractivity contribution in [1.29, 1.82) is 0 Å². The summed E-state index contributed by atoms with van der Waals surface area (Å²) in [5, 5.41) is 10.1. The Labute approximate surface area is 80.6 Å². The third-order valence-electron chi connectivity index (χ3n) is 2.19. The van der Waals surface area contributed by atoms with Crippen LogP contribution in [0.25, 0.3) is 0 Å². The van der Waals surface area contributed by atoms with Crippen molar-refractivity contribution in [2.24, 2.45) is 0 Å². The second-order valence-electron chi connectivity index (χ2n) is 3.05. The van der Waals surface area contributed by atoms with Gasteiger partial charge in [-0.05, 0) is 12.8 Å². The van der Waals surface area contributed by atoms with E-state index in [2.05, 4.69) is 20.1 Å². The highest BCUT2D eigenvalue weighted by Gasteiger charge is 2.27. The van der Waals surface area contributed by atoms with Crippen molar-refractivity contribution < 1.29 is 14.3 Å². The van der Waals surface area contributed by atoms with Gasteiger partial charge in [0.05, 0.1) is 7.11 Å². The summed E-state index contributed by atoms with van der Waals surface area (Å²) in [6, 6.07) is 0. The first-order chi connectivity index (χ1) is 6.83. The number of esters is 1. The second-order valence-corrected chi connectivity index (χ2v) is 3.05. The van der Waals surface area contributed by atoms with Crippen LogP contribution < -0.4 is 0 Å². The molecule has 6 nitrogen and oxygen atoms in total. The predicted octanol–water partition coefficient (Wildman–Crippen LogP) is 0.443. The van der Waals surface area contributed by atoms with E-state index in [-0.39, 0.29) is 11.8 Å². The average molecular weight is 197 g/mol. The molecule has 1 saturated heterocycles. The molecule has 1 aliphatic rings. The first kappa shape index (κ1) is 9.14. The van der Waals surface area contributed by atoms with Gasteiger partial charge in [0.2, 0.25) is 0 Å². The molecule has 0 bridgehead atoms. The third-order valence-corrected chi connectivity index (χ3v) is 2.19. The molecule has 6 heteroatoms. The van der Waals surface area contributed by atoms with Gasteiger partial charge in [-0.1, -0.05) is 0 Å². The van der Waals surface area contributed by atoms with Crippen molar-refractivity contribution in [3.05, 3.63) is 11.4 Å². The Hall–Kier alpha value is -1.43. The number of hydrogen-bond acceptors (Lipinski definition) is 5. The Balaban J connectivity index is 2.24. The molecule has 0 amide bonds. The normalized spacial score (nSPS) is 21.1. The number of aromatic amines is 1. The van der Waals surface area contributed by atoms with Crippen molar-refractivity contribution >= 4 is 5.97 Å². The maximum atomic E-state index is 11.3. The maximum Gasteiger partial charge on any atom is 0.360 e. The minimum atomic E-state index is -0.482. The molecule has 2 heterocycles. The standard InChI is InChI=1S/C8H11N3O3/c1-13-8(12)7-6(9-11-10-7)5-3-2-4-14-5/h5H,2-4H2,1H3,(H,9,10,11). The lowest BCUT2D eigenvalue weighted by Gasteiger charge is -2.05. The largest absolute Gasteiger partial charge is 0.464 e. The Morgan fingerprint density at radius 3 is 3.14 bits per heavy atom. The van der Waals surface area contributed by atoms with Gasteiger partial charge in [0, 0.05) is 6.61 Å². The molecular weight excluding hydrogens is 186 g/mol. The molecule has 1 aromatic rings. The van der Waals surface area contributed by atoms with E-state index >= 15 is 0 Å². The molecule has 2 rings (SSSR count). The van der Waals surface area contributed by atoms with Crippen molar-refractivity contribution in [3.8, 4) is 0 Å². The highest BCUT2D eigenvalue weighted by Crippen LogP contribution is 2.28. The van der Waals surface area contributed by atoms with Crippen LogP contribution in [0.15, 0.2) is 0 Å². The predicted molar refractivity (Wildman–Crippen MR) is 45.6 cm³/mol. The molecule has 1 atom stereocenters. The number of hydrogen-bond donors (Lipinski definition) is 1. The lowest BCUT2D eigenvalue weighted by Crippen LogP contribution is -2.08. The van der Waals surface area contributed by atoms with Gasteiger partial charge in [-0.2, -0.15) is 10.3 Å². The molecule has 1 fully saturated rings. The maximum absolute atomic E-state index is 11.3. The lowest BCUT2D eigenvalue weighted by atomic mass is 10.1. The Morgan fingerprint density at radius 2 is 2.50 bits per heavy atom. The van der Waals surface area contributed by atoms with Gasteiger partial charge in [0.25, 0.3) is 0 Å². The molecular formula is C8H11N3O3. The monoisotopic (exact) mass is 197 g/mol. The lowest BCUT2D eigenvalue weighted by molar-refractivity contribution is 0.0580. The van der Waals surface area contributed by atoms with E-state index in [0.717, 1.165) is 12.8 Å². The fraction of sp³-hybridized carbons (Fsp3) is 0.625. The minimum Gasteiger partial charge on any atom is -0.464 e. The number of methoxy groups -OCH3 is 1. The van der Waals surface area contributed by atoms with Gasteiger partial charge in [-0.25, -0.2) is 4.79 Å². The number of carbonyl (C=O) groups is 1. The van der Waals surface area contributed by atoms with E-state index in [1.165, 1.54) is 7.11 Å². The van der Waals surface area contributed by atoms with Gasteiger partial charge in [0.15, 0.2) is 5.69 Å². The number of rotatable bonds is 2. The summed E-state index contributed by atoms with van der Waals surface area (Å²) in [5.41, 5.74) is 0.772. The van der Waals surface area contributed by atoms with Crippen LogP contribution in [0, 0.1) is 0 Å². The smallest absolute Gasteiger partial charge is 0.360 e. The first-order valence-corrected chi connectivity index (χ1v) is 4.43. The molecule has 0 saturated carbocycles. The number of carbonyl (C=O) groups excluding carboxylic acids is 1. The van der Waals surface area contributed by atoms with Gasteiger partial charge < -0.3 is 9.47 Å². The molecule has 0 aliphatic carbocycles. The SMILES string of the molecule is COC(=O)c1n[nH]nc1C1CCCO1. The highest BCUT2D eigenvalue weighted by atomic mass is 16.5. The number of aromatic nitrogens is 3. The van der Waals surface area contributed by atoms with Crippen molar-refractivity contribution in [2.45, 2.75) is 18.9 Å². The molecule has 1 unspecified atom stereocenters. The van der Waals surface area contributed by atoms with Crippen LogP contribution in [0.2, 0.25) is 0 Å². The van der Waals surface area contributed by atoms with Crippen LogP contribution in [0.1, 0.15) is 35.1 Å². The molecule has 1 aliphatic heterocycles. The average Bonchev–Trinajstić information content (AvgIpc) is 2.85. The van der Waals surface area contributed by atoms with Crippen LogP contribution in [0.3, 0.4) is 0 Å². The third kappa shape index (κ3) is 1.48. The van der Waals surface area contributed by atoms with Gasteiger partial charge in [0.1, 0.15) is 11.8 Å². The number of H-pyrrole nitrogens is 1. The quantitative estimate of drug-likeness (QED) is 0.696. The Morgan fingerprint density at radius 1 is 1.64 bits per heavy atom. The molecule has 76 valence electrons. The fourth-order valence-electron chi connectivity index (χ4n) is 1.50. The van der Waals surface area contributed by atoms with Crippen LogP contribution in [-0.2, 0) is 9.47 Å². The van der Waals surface area contributed by atoms with Gasteiger partial charge in [-0.15, -0.1) is 5.10 Å². The molecule has 14 heavy (non-hydrogen) atoms. The molecule has 1 N–H and O–H groups in total. The Bertz CT molecular complexity index is 330. The van der Waals surface area contributed by atoms with E-state index in [4.69, 9.17) is 4.74 Å². The zero-order valence-corrected chi connectivity index (χ0v) is 7.82. The molecule has 0 radical (unpaired) electrons. The van der Waals surface area contributed by atoms with Crippen LogP contribution in [-0.4, -0.2) is 35.1 Å². The van der Waals surface area contributed by atoms with E-state index < -0.39 is 5.97 Å².